The third-order valence-electron chi connectivity index (χ3n) is 2.84. The molecule has 2 N–H and O–H groups in total. The van der Waals surface area contributed by atoms with Crippen LogP contribution in [-0.2, 0) is 17.2 Å². The maximum atomic E-state index is 12.2. The molecular formula is C15H16BrNOS. The Bertz CT molecular complexity index is 572. The lowest BCUT2D eigenvalue weighted by Gasteiger charge is -2.06. The molecule has 19 heavy (non-hydrogen) atoms. The smallest absolute Gasteiger partial charge is 0.0541 e. The fourth-order valence-electron chi connectivity index (χ4n) is 1.86. The first kappa shape index (κ1) is 14.3. The molecule has 0 radical (unpaired) electrons. The van der Waals surface area contributed by atoms with Gasteiger partial charge in [-0.15, -0.1) is 0 Å². The summed E-state index contributed by atoms with van der Waals surface area (Å²) < 4.78 is 13.0. The maximum absolute atomic E-state index is 12.2. The second-order valence-electron chi connectivity index (χ2n) is 4.33. The van der Waals surface area contributed by atoms with Crippen LogP contribution in [0, 0.1) is 0 Å². The first-order valence-electron chi connectivity index (χ1n) is 6.14. The zero-order valence-electron chi connectivity index (χ0n) is 10.5. The Morgan fingerprint density at radius 3 is 2.53 bits per heavy atom. The third kappa shape index (κ3) is 4.18. The van der Waals surface area contributed by atoms with Crippen LogP contribution < -0.4 is 5.73 Å². The number of nitrogen functional groups attached to an aromatic ring is 1. The van der Waals surface area contributed by atoms with E-state index in [9.17, 15) is 4.21 Å². The Balaban J connectivity index is 1.91. The summed E-state index contributed by atoms with van der Waals surface area (Å²) in [5, 5.41) is 0. The number of hydrogen-bond donors (Lipinski definition) is 1. The van der Waals surface area contributed by atoms with E-state index in [4.69, 9.17) is 5.73 Å². The summed E-state index contributed by atoms with van der Waals surface area (Å²) in [6, 6.07) is 15.7. The lowest BCUT2D eigenvalue weighted by molar-refractivity contribution is 0.680. The van der Waals surface area contributed by atoms with Gasteiger partial charge in [0, 0.05) is 15.9 Å². The van der Waals surface area contributed by atoms with Crippen molar-refractivity contribution in [1.29, 1.82) is 0 Å². The van der Waals surface area contributed by atoms with Gasteiger partial charge >= 0.3 is 0 Å². The Hall–Kier alpha value is -1.13. The van der Waals surface area contributed by atoms with E-state index in [0.29, 0.717) is 11.4 Å². The van der Waals surface area contributed by atoms with Gasteiger partial charge in [0.2, 0.25) is 0 Å². The van der Waals surface area contributed by atoms with Crippen LogP contribution in [-0.4, -0.2) is 9.96 Å². The highest BCUT2D eigenvalue weighted by Crippen LogP contribution is 2.23. The normalized spacial score (nSPS) is 12.3. The number of anilines is 1. The molecule has 0 heterocycles. The molecule has 4 heteroatoms. The fourth-order valence-corrected chi connectivity index (χ4v) is 3.92. The van der Waals surface area contributed by atoms with Gasteiger partial charge in [0.15, 0.2) is 0 Å². The van der Waals surface area contributed by atoms with Crippen molar-refractivity contribution in [1.82, 2.24) is 0 Å². The van der Waals surface area contributed by atoms with E-state index in [-0.39, 0.29) is 0 Å². The topological polar surface area (TPSA) is 43.1 Å². The van der Waals surface area contributed by atoms with Crippen molar-refractivity contribution in [2.24, 2.45) is 0 Å². The Morgan fingerprint density at radius 2 is 1.84 bits per heavy atom. The van der Waals surface area contributed by atoms with Gasteiger partial charge in [0.1, 0.15) is 0 Å². The quantitative estimate of drug-likeness (QED) is 0.844. The van der Waals surface area contributed by atoms with Crippen LogP contribution in [0.5, 0.6) is 0 Å². The number of rotatable bonds is 5. The van der Waals surface area contributed by atoms with Crippen LogP contribution in [0.4, 0.5) is 5.69 Å². The van der Waals surface area contributed by atoms with Gasteiger partial charge in [-0.3, -0.25) is 4.21 Å². The van der Waals surface area contributed by atoms with E-state index in [2.05, 4.69) is 28.1 Å². The van der Waals surface area contributed by atoms with E-state index in [1.165, 1.54) is 5.56 Å². The number of hydrogen-bond acceptors (Lipinski definition) is 2. The van der Waals surface area contributed by atoms with Gasteiger partial charge < -0.3 is 5.73 Å². The molecule has 0 saturated heterocycles. The summed E-state index contributed by atoms with van der Waals surface area (Å²) in [4.78, 5) is 0.822. The van der Waals surface area contributed by atoms with Crippen LogP contribution in [0.15, 0.2) is 57.9 Å². The molecule has 2 nitrogen and oxygen atoms in total. The lowest BCUT2D eigenvalue weighted by Crippen LogP contribution is -2.01. The predicted molar refractivity (Wildman–Crippen MR) is 84.6 cm³/mol. The molecule has 2 aromatic rings. The molecule has 2 rings (SSSR count). The molecule has 0 saturated carbocycles. The fraction of sp³-hybridized carbons (Fsp3) is 0.200. The van der Waals surface area contributed by atoms with Crippen LogP contribution in [0.3, 0.4) is 0 Å². The van der Waals surface area contributed by atoms with Crippen molar-refractivity contribution in [3.05, 3.63) is 58.6 Å². The van der Waals surface area contributed by atoms with Gasteiger partial charge in [-0.05, 0) is 52.5 Å². The minimum atomic E-state index is -0.979. The second-order valence-corrected chi connectivity index (χ2v) is 6.72. The van der Waals surface area contributed by atoms with Crippen LogP contribution in [0.25, 0.3) is 0 Å². The van der Waals surface area contributed by atoms with Crippen molar-refractivity contribution in [2.45, 2.75) is 17.7 Å². The summed E-state index contributed by atoms with van der Waals surface area (Å²) in [6.45, 7) is 0. The van der Waals surface area contributed by atoms with Gasteiger partial charge in [-0.2, -0.15) is 0 Å². The summed E-state index contributed by atoms with van der Waals surface area (Å²) >= 11 is 3.41. The number of nitrogens with two attached hydrogens (primary N) is 1. The Kier molecular flexibility index (Phi) is 5.16. The average Bonchev–Trinajstić information content (AvgIpc) is 2.39. The molecule has 0 amide bonds. The zero-order chi connectivity index (χ0) is 13.7. The van der Waals surface area contributed by atoms with Crippen molar-refractivity contribution < 1.29 is 4.21 Å². The molecule has 0 aliphatic rings. The highest BCUT2D eigenvalue weighted by Gasteiger charge is 2.08. The van der Waals surface area contributed by atoms with Crippen molar-refractivity contribution in [2.75, 3.05) is 11.5 Å². The van der Waals surface area contributed by atoms with Crippen molar-refractivity contribution in [3.63, 3.8) is 0 Å². The van der Waals surface area contributed by atoms with Crippen LogP contribution >= 0.6 is 15.9 Å². The van der Waals surface area contributed by atoms with Gasteiger partial charge in [-0.25, -0.2) is 0 Å². The van der Waals surface area contributed by atoms with Gasteiger partial charge in [-0.1, -0.05) is 30.3 Å². The highest BCUT2D eigenvalue weighted by atomic mass is 79.9. The van der Waals surface area contributed by atoms with E-state index in [1.807, 2.05) is 24.3 Å². The summed E-state index contributed by atoms with van der Waals surface area (Å²) in [7, 11) is -0.979. The first-order chi connectivity index (χ1) is 9.16. The molecule has 0 bridgehead atoms. The van der Waals surface area contributed by atoms with Crippen LogP contribution in [0.2, 0.25) is 0 Å². The molecule has 1 unspecified atom stereocenters. The number of benzene rings is 2. The number of aryl methyl sites for hydroxylation is 1. The van der Waals surface area contributed by atoms with E-state index in [1.54, 1.807) is 12.1 Å². The lowest BCUT2D eigenvalue weighted by atomic mass is 10.1. The number of halogens is 1. The maximum Gasteiger partial charge on any atom is 0.0541 e. The largest absolute Gasteiger partial charge is 0.399 e. The van der Waals surface area contributed by atoms with Crippen molar-refractivity contribution in [3.8, 4) is 0 Å². The monoisotopic (exact) mass is 337 g/mol. The molecule has 100 valence electrons. The first-order valence-corrected chi connectivity index (χ1v) is 8.25. The molecule has 0 aliphatic carbocycles. The molecule has 0 fully saturated rings. The molecule has 1 atom stereocenters. The molecule has 0 aromatic heterocycles. The molecular weight excluding hydrogens is 322 g/mol. The Morgan fingerprint density at radius 1 is 1.11 bits per heavy atom. The zero-order valence-corrected chi connectivity index (χ0v) is 12.9. The summed E-state index contributed by atoms with van der Waals surface area (Å²) in [5.41, 5.74) is 7.64. The minimum absolute atomic E-state index is 0.664. The summed E-state index contributed by atoms with van der Waals surface area (Å²) in [6.07, 6.45) is 1.87. The van der Waals surface area contributed by atoms with E-state index >= 15 is 0 Å². The summed E-state index contributed by atoms with van der Waals surface area (Å²) in [5.74, 6) is 0.664. The second kappa shape index (κ2) is 6.87. The Labute approximate surface area is 124 Å². The standard InChI is InChI=1S/C15H16BrNOS/c16-14-11-13(17)8-9-15(14)19(18)10-4-7-12-5-2-1-3-6-12/h1-3,5-6,8-9,11H,4,7,10,17H2. The average molecular weight is 338 g/mol. The SMILES string of the molecule is Nc1ccc(S(=O)CCCc2ccccc2)c(Br)c1. The van der Waals surface area contributed by atoms with E-state index in [0.717, 1.165) is 22.2 Å². The van der Waals surface area contributed by atoms with E-state index < -0.39 is 10.8 Å². The van der Waals surface area contributed by atoms with Crippen molar-refractivity contribution >= 4 is 32.4 Å². The minimum Gasteiger partial charge on any atom is -0.399 e. The molecule has 2 aromatic carbocycles. The van der Waals surface area contributed by atoms with Gasteiger partial charge in [0.25, 0.3) is 0 Å². The third-order valence-corrected chi connectivity index (χ3v) is 5.26. The predicted octanol–water partition coefficient (Wildman–Crippen LogP) is 3.77. The highest BCUT2D eigenvalue weighted by molar-refractivity contribution is 9.10. The van der Waals surface area contributed by atoms with Crippen LogP contribution in [0.1, 0.15) is 12.0 Å². The molecule has 0 aliphatic heterocycles. The molecule has 0 spiro atoms. The van der Waals surface area contributed by atoms with Gasteiger partial charge in [0.05, 0.1) is 15.7 Å².